The van der Waals surface area contributed by atoms with Gasteiger partial charge in [-0.2, -0.15) is 0 Å². The number of carbonyl (C=O) groups excluding carboxylic acids is 1. The summed E-state index contributed by atoms with van der Waals surface area (Å²) in [6.45, 7) is 2.31. The molecule has 1 atom stereocenters. The van der Waals surface area contributed by atoms with Gasteiger partial charge in [0.15, 0.2) is 5.82 Å². The van der Waals surface area contributed by atoms with Crippen LogP contribution in [0, 0.1) is 0 Å². The van der Waals surface area contributed by atoms with Crippen molar-refractivity contribution in [3.63, 3.8) is 0 Å². The van der Waals surface area contributed by atoms with Gasteiger partial charge < -0.3 is 9.64 Å². The Hall–Kier alpha value is -3.19. The fourth-order valence-electron chi connectivity index (χ4n) is 4.06. The average molecular weight is 373 g/mol. The average Bonchev–Trinajstić information content (AvgIpc) is 3.19. The maximum absolute atomic E-state index is 12.9. The monoisotopic (exact) mass is 373 g/mol. The van der Waals surface area contributed by atoms with Gasteiger partial charge in [-0.3, -0.25) is 14.8 Å². The van der Waals surface area contributed by atoms with E-state index in [-0.39, 0.29) is 11.3 Å². The summed E-state index contributed by atoms with van der Waals surface area (Å²) in [7, 11) is 0. The van der Waals surface area contributed by atoms with E-state index in [1.807, 2.05) is 23.2 Å². The van der Waals surface area contributed by atoms with Crippen LogP contribution in [0.3, 0.4) is 0 Å². The van der Waals surface area contributed by atoms with Crippen molar-refractivity contribution in [3.8, 4) is 11.4 Å². The SMILES string of the molecule is O=C(c1cccnc1)N1CCC2(COCc3cnc(-c4cccnc4)nc32)C1. The molecule has 0 N–H and O–H groups in total. The molecule has 2 aliphatic rings. The molecular weight excluding hydrogens is 354 g/mol. The molecule has 1 spiro atoms. The molecule has 1 unspecified atom stereocenters. The largest absolute Gasteiger partial charge is 0.376 e. The van der Waals surface area contributed by atoms with Gasteiger partial charge in [0.1, 0.15) is 0 Å². The smallest absolute Gasteiger partial charge is 0.255 e. The van der Waals surface area contributed by atoms with Crippen LogP contribution >= 0.6 is 0 Å². The van der Waals surface area contributed by atoms with Crippen molar-refractivity contribution in [1.29, 1.82) is 0 Å². The van der Waals surface area contributed by atoms with Crippen molar-refractivity contribution in [3.05, 3.63) is 72.1 Å². The minimum absolute atomic E-state index is 0.00126. The predicted molar refractivity (Wildman–Crippen MR) is 101 cm³/mol. The third-order valence-corrected chi connectivity index (χ3v) is 5.47. The van der Waals surface area contributed by atoms with Gasteiger partial charge in [-0.15, -0.1) is 0 Å². The summed E-state index contributed by atoms with van der Waals surface area (Å²) in [5.41, 5.74) is 3.18. The molecule has 0 bridgehead atoms. The molecule has 3 aromatic rings. The Morgan fingerprint density at radius 2 is 1.96 bits per heavy atom. The topological polar surface area (TPSA) is 81.1 Å². The van der Waals surface area contributed by atoms with Crippen LogP contribution in [0.5, 0.6) is 0 Å². The number of likely N-dealkylation sites (tertiary alicyclic amines) is 1. The molecular formula is C21H19N5O2. The molecule has 140 valence electrons. The van der Waals surface area contributed by atoms with Crippen molar-refractivity contribution < 1.29 is 9.53 Å². The molecule has 1 amide bonds. The maximum atomic E-state index is 12.9. The van der Waals surface area contributed by atoms with E-state index in [4.69, 9.17) is 9.72 Å². The number of fused-ring (bicyclic) bond motifs is 2. The van der Waals surface area contributed by atoms with E-state index in [1.165, 1.54) is 0 Å². The van der Waals surface area contributed by atoms with Crippen LogP contribution in [0.1, 0.15) is 28.0 Å². The zero-order valence-corrected chi connectivity index (χ0v) is 15.3. The second-order valence-corrected chi connectivity index (χ2v) is 7.30. The fraction of sp³-hybridized carbons (Fsp3) is 0.286. The summed E-state index contributed by atoms with van der Waals surface area (Å²) in [6.07, 6.45) is 9.44. The minimum Gasteiger partial charge on any atom is -0.376 e. The van der Waals surface area contributed by atoms with Crippen LogP contribution in [0.25, 0.3) is 11.4 Å². The van der Waals surface area contributed by atoms with Gasteiger partial charge in [0.2, 0.25) is 0 Å². The van der Waals surface area contributed by atoms with Crippen molar-refractivity contribution in [2.75, 3.05) is 19.7 Å². The Morgan fingerprint density at radius 3 is 2.75 bits per heavy atom. The van der Waals surface area contributed by atoms with Gasteiger partial charge in [-0.05, 0) is 30.7 Å². The van der Waals surface area contributed by atoms with E-state index in [0.29, 0.717) is 37.7 Å². The summed E-state index contributed by atoms with van der Waals surface area (Å²) in [4.78, 5) is 32.4. The number of rotatable bonds is 2. The Morgan fingerprint density at radius 1 is 1.11 bits per heavy atom. The van der Waals surface area contributed by atoms with Gasteiger partial charge in [0.25, 0.3) is 5.91 Å². The first kappa shape index (κ1) is 16.9. The lowest BCUT2D eigenvalue weighted by atomic mass is 9.80. The van der Waals surface area contributed by atoms with Crippen LogP contribution in [0.15, 0.2) is 55.2 Å². The Labute approximate surface area is 162 Å². The molecule has 0 saturated carbocycles. The number of ether oxygens (including phenoxy) is 1. The highest BCUT2D eigenvalue weighted by Crippen LogP contribution is 2.39. The van der Waals surface area contributed by atoms with Gasteiger partial charge in [-0.1, -0.05) is 0 Å². The first-order valence-electron chi connectivity index (χ1n) is 9.29. The molecule has 2 aliphatic heterocycles. The van der Waals surface area contributed by atoms with Crippen LogP contribution in [-0.4, -0.2) is 50.4 Å². The Kier molecular flexibility index (Phi) is 4.09. The highest BCUT2D eigenvalue weighted by atomic mass is 16.5. The summed E-state index contributed by atoms with van der Waals surface area (Å²) in [6, 6.07) is 7.41. The normalized spacial score (nSPS) is 20.9. The number of hydrogen-bond acceptors (Lipinski definition) is 6. The van der Waals surface area contributed by atoms with E-state index in [2.05, 4.69) is 15.0 Å². The second-order valence-electron chi connectivity index (χ2n) is 7.30. The summed E-state index contributed by atoms with van der Waals surface area (Å²) >= 11 is 0. The predicted octanol–water partition coefficient (Wildman–Crippen LogP) is 2.25. The molecule has 1 saturated heterocycles. The van der Waals surface area contributed by atoms with Crippen molar-refractivity contribution >= 4 is 5.91 Å². The van der Waals surface area contributed by atoms with Gasteiger partial charge in [0.05, 0.1) is 29.9 Å². The van der Waals surface area contributed by atoms with E-state index < -0.39 is 0 Å². The number of hydrogen-bond donors (Lipinski definition) is 0. The number of carbonyl (C=O) groups is 1. The van der Waals surface area contributed by atoms with Crippen molar-refractivity contribution in [1.82, 2.24) is 24.8 Å². The number of nitrogens with zero attached hydrogens (tertiary/aromatic N) is 5. The molecule has 0 aromatic carbocycles. The lowest BCUT2D eigenvalue weighted by Crippen LogP contribution is -2.41. The van der Waals surface area contributed by atoms with Gasteiger partial charge in [0, 0.05) is 55.2 Å². The van der Waals surface area contributed by atoms with E-state index in [1.54, 1.807) is 36.9 Å². The minimum atomic E-state index is -0.300. The zero-order valence-electron chi connectivity index (χ0n) is 15.3. The quantitative estimate of drug-likeness (QED) is 0.685. The number of pyridine rings is 2. The first-order chi connectivity index (χ1) is 13.8. The molecule has 5 rings (SSSR count). The number of aromatic nitrogens is 4. The second kappa shape index (κ2) is 6.76. The molecule has 1 fully saturated rings. The molecule has 0 aliphatic carbocycles. The third kappa shape index (κ3) is 2.84. The highest BCUT2D eigenvalue weighted by Gasteiger charge is 2.46. The van der Waals surface area contributed by atoms with Gasteiger partial charge in [-0.25, -0.2) is 9.97 Å². The molecule has 7 nitrogen and oxygen atoms in total. The van der Waals surface area contributed by atoms with Crippen LogP contribution in [-0.2, 0) is 16.8 Å². The van der Waals surface area contributed by atoms with Crippen LogP contribution < -0.4 is 0 Å². The van der Waals surface area contributed by atoms with Crippen molar-refractivity contribution in [2.24, 2.45) is 0 Å². The summed E-state index contributed by atoms with van der Waals surface area (Å²) in [5.74, 6) is 0.656. The van der Waals surface area contributed by atoms with E-state index >= 15 is 0 Å². The third-order valence-electron chi connectivity index (χ3n) is 5.47. The van der Waals surface area contributed by atoms with Crippen molar-refractivity contribution in [2.45, 2.75) is 18.4 Å². The van der Waals surface area contributed by atoms with Crippen LogP contribution in [0.4, 0.5) is 0 Å². The molecule has 28 heavy (non-hydrogen) atoms. The molecule has 5 heterocycles. The van der Waals surface area contributed by atoms with Gasteiger partial charge >= 0.3 is 0 Å². The lowest BCUT2D eigenvalue weighted by Gasteiger charge is -2.34. The van der Waals surface area contributed by atoms with E-state index in [9.17, 15) is 4.79 Å². The first-order valence-corrected chi connectivity index (χ1v) is 9.29. The standard InChI is InChI=1S/C21H19N5O2/c27-20(16-4-2-7-23-10-16)26-8-5-21(13-26)14-28-12-17-11-24-19(25-18(17)21)15-3-1-6-22-9-15/h1-4,6-7,9-11H,5,8,12-14H2. The zero-order chi connectivity index (χ0) is 19.0. The Balaban J connectivity index is 1.48. The lowest BCUT2D eigenvalue weighted by molar-refractivity contribution is 0.0485. The summed E-state index contributed by atoms with van der Waals surface area (Å²) < 4.78 is 5.87. The van der Waals surface area contributed by atoms with E-state index in [0.717, 1.165) is 23.2 Å². The number of amides is 1. The maximum Gasteiger partial charge on any atom is 0.255 e. The Bertz CT molecular complexity index is 1010. The highest BCUT2D eigenvalue weighted by molar-refractivity contribution is 5.94. The van der Waals surface area contributed by atoms with Crippen LogP contribution in [0.2, 0.25) is 0 Å². The molecule has 3 aromatic heterocycles. The summed E-state index contributed by atoms with van der Waals surface area (Å²) in [5, 5.41) is 0. The fourth-order valence-corrected chi connectivity index (χ4v) is 4.06. The molecule has 0 radical (unpaired) electrons. The molecule has 7 heteroatoms.